The molecule has 0 saturated carbocycles. The van der Waals surface area contributed by atoms with Gasteiger partial charge in [0.05, 0.1) is 12.0 Å². The van der Waals surface area contributed by atoms with E-state index in [0.29, 0.717) is 5.56 Å². The van der Waals surface area contributed by atoms with Gasteiger partial charge >= 0.3 is 5.97 Å². The van der Waals surface area contributed by atoms with Gasteiger partial charge in [-0.05, 0) is 18.1 Å². The third-order valence-corrected chi connectivity index (χ3v) is 4.83. The molecule has 7 nitrogen and oxygen atoms in total. The van der Waals surface area contributed by atoms with Crippen molar-refractivity contribution in [1.82, 2.24) is 14.8 Å². The minimum absolute atomic E-state index is 0.215. The standard InChI is InChI=1S/C19H18N4O3/c1-12-7-9-14(10-8-12)16-15(13-5-3-2-4-6-13)19(26,17(24)25)23-18(22-16)20-11-21-23/h2-11,15-16,26H,1H3,(H,24,25)(H,20,21,22)/t15-,16-,19+/m0/s1. The molecule has 0 spiro atoms. The molecule has 2 aromatic carbocycles. The van der Waals surface area contributed by atoms with Crippen molar-refractivity contribution >= 4 is 11.9 Å². The maximum absolute atomic E-state index is 12.2. The van der Waals surface area contributed by atoms with Gasteiger partial charge in [0.15, 0.2) is 0 Å². The van der Waals surface area contributed by atoms with Crippen molar-refractivity contribution in [3.05, 3.63) is 77.6 Å². The number of hydrogen-bond donors (Lipinski definition) is 3. The van der Waals surface area contributed by atoms with E-state index in [1.807, 2.05) is 61.5 Å². The Balaban J connectivity index is 1.95. The van der Waals surface area contributed by atoms with Crippen LogP contribution in [0.4, 0.5) is 5.95 Å². The molecule has 4 rings (SSSR count). The van der Waals surface area contributed by atoms with Gasteiger partial charge < -0.3 is 15.5 Å². The van der Waals surface area contributed by atoms with Crippen LogP contribution in [0.5, 0.6) is 0 Å². The van der Waals surface area contributed by atoms with E-state index in [0.717, 1.165) is 15.8 Å². The molecular formula is C19H18N4O3. The number of hydrogen-bond acceptors (Lipinski definition) is 5. The number of carbonyl (C=O) groups is 1. The zero-order valence-electron chi connectivity index (χ0n) is 14.1. The number of benzene rings is 2. The van der Waals surface area contributed by atoms with E-state index >= 15 is 0 Å². The van der Waals surface area contributed by atoms with E-state index in [1.165, 1.54) is 6.33 Å². The second-order valence-electron chi connectivity index (χ2n) is 6.45. The molecule has 2 heterocycles. The second-order valence-corrected chi connectivity index (χ2v) is 6.45. The van der Waals surface area contributed by atoms with Gasteiger partial charge in [0.25, 0.3) is 5.72 Å². The first kappa shape index (κ1) is 16.3. The summed E-state index contributed by atoms with van der Waals surface area (Å²) in [6.45, 7) is 1.98. The number of carboxylic acid groups (broad SMARTS) is 1. The quantitative estimate of drug-likeness (QED) is 0.670. The van der Waals surface area contributed by atoms with Crippen LogP contribution in [0.2, 0.25) is 0 Å². The Morgan fingerprint density at radius 3 is 2.46 bits per heavy atom. The number of aryl methyl sites for hydroxylation is 1. The number of rotatable bonds is 3. The van der Waals surface area contributed by atoms with Crippen LogP contribution < -0.4 is 5.32 Å². The van der Waals surface area contributed by atoms with Crippen LogP contribution in [-0.4, -0.2) is 30.9 Å². The van der Waals surface area contributed by atoms with Crippen molar-refractivity contribution in [2.45, 2.75) is 24.6 Å². The highest BCUT2D eigenvalue weighted by Gasteiger charge is 2.56. The smallest absolute Gasteiger partial charge is 0.360 e. The van der Waals surface area contributed by atoms with E-state index in [-0.39, 0.29) is 5.95 Å². The Labute approximate surface area is 149 Å². The highest BCUT2D eigenvalue weighted by molar-refractivity contribution is 5.78. The minimum Gasteiger partial charge on any atom is -0.478 e. The summed E-state index contributed by atoms with van der Waals surface area (Å²) in [6.07, 6.45) is 1.23. The molecule has 0 fully saturated rings. The number of nitrogens with one attached hydrogen (secondary N) is 1. The number of fused-ring (bicyclic) bond motifs is 1. The van der Waals surface area contributed by atoms with Gasteiger partial charge in [-0.2, -0.15) is 14.8 Å². The predicted molar refractivity (Wildman–Crippen MR) is 94.6 cm³/mol. The first-order chi connectivity index (χ1) is 12.5. The molecule has 3 aromatic rings. The summed E-state index contributed by atoms with van der Waals surface area (Å²) in [5.41, 5.74) is 0.376. The van der Waals surface area contributed by atoms with E-state index in [2.05, 4.69) is 15.4 Å². The summed E-state index contributed by atoms with van der Waals surface area (Å²) in [5, 5.41) is 28.4. The fourth-order valence-electron chi connectivity index (χ4n) is 3.53. The van der Waals surface area contributed by atoms with Crippen LogP contribution in [0, 0.1) is 6.92 Å². The van der Waals surface area contributed by atoms with E-state index < -0.39 is 23.7 Å². The fourth-order valence-corrected chi connectivity index (χ4v) is 3.53. The largest absolute Gasteiger partial charge is 0.478 e. The Morgan fingerprint density at radius 1 is 1.12 bits per heavy atom. The molecular weight excluding hydrogens is 332 g/mol. The summed E-state index contributed by atoms with van der Waals surface area (Å²) in [6, 6.07) is 16.4. The third-order valence-electron chi connectivity index (χ3n) is 4.83. The second kappa shape index (κ2) is 5.96. The molecule has 1 aliphatic rings. The van der Waals surface area contributed by atoms with E-state index in [4.69, 9.17) is 0 Å². The number of aromatic nitrogens is 3. The summed E-state index contributed by atoms with van der Waals surface area (Å²) >= 11 is 0. The maximum atomic E-state index is 12.2. The molecule has 132 valence electrons. The van der Waals surface area contributed by atoms with Gasteiger partial charge in [0.1, 0.15) is 6.33 Å². The Bertz CT molecular complexity index is 939. The minimum atomic E-state index is -2.27. The van der Waals surface area contributed by atoms with Crippen molar-refractivity contribution in [2.75, 3.05) is 5.32 Å². The first-order valence-corrected chi connectivity index (χ1v) is 8.26. The zero-order valence-corrected chi connectivity index (χ0v) is 14.1. The number of anilines is 1. The molecule has 0 aliphatic carbocycles. The monoisotopic (exact) mass is 350 g/mol. The topological polar surface area (TPSA) is 100 Å². The lowest BCUT2D eigenvalue weighted by atomic mass is 9.78. The molecule has 3 N–H and O–H groups in total. The first-order valence-electron chi connectivity index (χ1n) is 8.26. The summed E-state index contributed by atoms with van der Waals surface area (Å²) in [4.78, 5) is 16.3. The van der Waals surface area contributed by atoms with E-state index in [1.54, 1.807) is 0 Å². The fraction of sp³-hybridized carbons (Fsp3) is 0.211. The Morgan fingerprint density at radius 2 is 1.81 bits per heavy atom. The number of aliphatic carboxylic acids is 1. The highest BCUT2D eigenvalue weighted by Crippen LogP contribution is 2.47. The van der Waals surface area contributed by atoms with Crippen LogP contribution in [-0.2, 0) is 10.5 Å². The molecule has 1 aromatic heterocycles. The third kappa shape index (κ3) is 2.36. The van der Waals surface area contributed by atoms with Gasteiger partial charge in [-0.1, -0.05) is 60.2 Å². The van der Waals surface area contributed by atoms with Crippen LogP contribution in [0.15, 0.2) is 60.9 Å². The maximum Gasteiger partial charge on any atom is 0.360 e. The summed E-state index contributed by atoms with van der Waals surface area (Å²) in [5.74, 6) is -1.97. The molecule has 1 aliphatic heterocycles. The van der Waals surface area contributed by atoms with Crippen molar-refractivity contribution in [3.63, 3.8) is 0 Å². The molecule has 7 heteroatoms. The highest BCUT2D eigenvalue weighted by atomic mass is 16.4. The number of carboxylic acids is 1. The van der Waals surface area contributed by atoms with Gasteiger partial charge in [0, 0.05) is 0 Å². The van der Waals surface area contributed by atoms with Crippen LogP contribution in [0.25, 0.3) is 0 Å². The molecule has 0 radical (unpaired) electrons. The molecule has 26 heavy (non-hydrogen) atoms. The number of nitrogens with zero attached hydrogens (tertiary/aromatic N) is 3. The van der Waals surface area contributed by atoms with Crippen molar-refractivity contribution in [1.29, 1.82) is 0 Å². The lowest BCUT2D eigenvalue weighted by Crippen LogP contribution is -2.54. The van der Waals surface area contributed by atoms with Gasteiger partial charge in [0.2, 0.25) is 5.95 Å². The van der Waals surface area contributed by atoms with Crippen LogP contribution >= 0.6 is 0 Å². The van der Waals surface area contributed by atoms with Crippen LogP contribution in [0.1, 0.15) is 28.7 Å². The SMILES string of the molecule is Cc1ccc([C@@H]2Nc3ncnn3[C@](O)(C(=O)O)[C@H]2c2ccccc2)cc1. The van der Waals surface area contributed by atoms with Crippen molar-refractivity contribution in [3.8, 4) is 0 Å². The van der Waals surface area contributed by atoms with Gasteiger partial charge in [-0.15, -0.1) is 0 Å². The molecule has 0 bridgehead atoms. The lowest BCUT2D eigenvalue weighted by molar-refractivity contribution is -0.179. The Hall–Kier alpha value is -3.19. The lowest BCUT2D eigenvalue weighted by Gasteiger charge is -2.42. The predicted octanol–water partition coefficient (Wildman–Crippen LogP) is 2.27. The molecule has 0 unspecified atom stereocenters. The molecule has 0 amide bonds. The van der Waals surface area contributed by atoms with Gasteiger partial charge in [-0.25, -0.2) is 4.79 Å². The summed E-state index contributed by atoms with van der Waals surface area (Å²) < 4.78 is 1.04. The average Bonchev–Trinajstić information content (AvgIpc) is 3.12. The van der Waals surface area contributed by atoms with Gasteiger partial charge in [-0.3, -0.25) is 0 Å². The zero-order chi connectivity index (χ0) is 18.3. The average molecular weight is 350 g/mol. The van der Waals surface area contributed by atoms with Crippen LogP contribution in [0.3, 0.4) is 0 Å². The molecule has 0 saturated heterocycles. The van der Waals surface area contributed by atoms with E-state index in [9.17, 15) is 15.0 Å². The summed E-state index contributed by atoms with van der Waals surface area (Å²) in [7, 11) is 0. The Kier molecular flexibility index (Phi) is 3.73. The number of aliphatic hydroxyl groups is 1. The van der Waals surface area contributed by atoms with Crippen molar-refractivity contribution in [2.24, 2.45) is 0 Å². The molecule has 3 atom stereocenters. The normalized spacial score (nSPS) is 24.5. The van der Waals surface area contributed by atoms with Crippen molar-refractivity contribution < 1.29 is 15.0 Å².